The van der Waals surface area contributed by atoms with Gasteiger partial charge in [-0.1, -0.05) is 25.1 Å². The van der Waals surface area contributed by atoms with E-state index in [-0.39, 0.29) is 5.91 Å². The van der Waals surface area contributed by atoms with Crippen LogP contribution in [0.4, 0.5) is 0 Å². The number of thioether (sulfide) groups is 1. The van der Waals surface area contributed by atoms with Gasteiger partial charge in [0.1, 0.15) is 0 Å². The van der Waals surface area contributed by atoms with Crippen LogP contribution in [0.25, 0.3) is 0 Å². The molecule has 1 amide bonds. The summed E-state index contributed by atoms with van der Waals surface area (Å²) < 4.78 is 0. The molecule has 0 aromatic carbocycles. The first-order chi connectivity index (χ1) is 6.66. The molecule has 82 valence electrons. The number of rotatable bonds is 6. The zero-order chi connectivity index (χ0) is 10.8. The van der Waals surface area contributed by atoms with Crippen LogP contribution in [0.15, 0.2) is 4.99 Å². The molecule has 5 heteroatoms. The minimum absolute atomic E-state index is 0.242. The van der Waals surface area contributed by atoms with Crippen molar-refractivity contribution in [1.29, 1.82) is 0 Å². The smallest absolute Gasteiger partial charge is 0.244 e. The second-order valence-electron chi connectivity index (χ2n) is 2.92. The molecule has 0 spiro atoms. The van der Waals surface area contributed by atoms with Crippen LogP contribution < -0.4 is 11.1 Å². The molecule has 0 aliphatic rings. The van der Waals surface area contributed by atoms with Crippen LogP contribution in [0.5, 0.6) is 0 Å². The number of nitrogens with one attached hydrogen (secondary N) is 1. The number of carbonyl (C=O) groups excluding carboxylic acids is 1. The fourth-order valence-electron chi connectivity index (χ4n) is 0.842. The van der Waals surface area contributed by atoms with Crippen molar-refractivity contribution in [2.24, 2.45) is 10.7 Å². The molecule has 0 saturated heterocycles. The molecule has 0 aliphatic heterocycles. The second kappa shape index (κ2) is 9.02. The van der Waals surface area contributed by atoms with Crippen LogP contribution in [-0.2, 0) is 4.79 Å². The fraction of sp³-hybridized carbons (Fsp3) is 0.778. The quantitative estimate of drug-likeness (QED) is 0.395. The van der Waals surface area contributed by atoms with Crippen LogP contribution >= 0.6 is 11.8 Å². The molecule has 14 heavy (non-hydrogen) atoms. The maximum Gasteiger partial charge on any atom is 0.244 e. The molecule has 0 saturated carbocycles. The molecule has 0 aromatic rings. The maximum absolute atomic E-state index is 10.5. The minimum atomic E-state index is -0.242. The molecular formula is C9H19N3OS. The Morgan fingerprint density at radius 1 is 1.50 bits per heavy atom. The predicted octanol–water partition coefficient (Wildman–Crippen LogP) is 0.971. The van der Waals surface area contributed by atoms with Crippen molar-refractivity contribution in [2.75, 3.05) is 18.8 Å². The molecule has 0 heterocycles. The van der Waals surface area contributed by atoms with Gasteiger partial charge in [-0.2, -0.15) is 4.99 Å². The van der Waals surface area contributed by atoms with Crippen molar-refractivity contribution < 1.29 is 4.79 Å². The van der Waals surface area contributed by atoms with E-state index < -0.39 is 0 Å². The molecule has 0 aromatic heterocycles. The lowest BCUT2D eigenvalue weighted by molar-refractivity contribution is -0.115. The number of amides is 1. The fourth-order valence-corrected chi connectivity index (χ4v) is 1.49. The van der Waals surface area contributed by atoms with Gasteiger partial charge in [-0.25, -0.2) is 0 Å². The molecule has 0 atom stereocenters. The molecule has 3 N–H and O–H groups in total. The summed E-state index contributed by atoms with van der Waals surface area (Å²) in [6, 6.07) is 0. The predicted molar refractivity (Wildman–Crippen MR) is 62.5 cm³/mol. The Morgan fingerprint density at radius 3 is 2.79 bits per heavy atom. The molecule has 0 fully saturated rings. The lowest BCUT2D eigenvalue weighted by Gasteiger charge is -2.02. The van der Waals surface area contributed by atoms with Gasteiger partial charge in [0, 0.05) is 19.2 Å². The van der Waals surface area contributed by atoms with Gasteiger partial charge in [-0.3, -0.25) is 4.79 Å². The lowest BCUT2D eigenvalue weighted by atomic mass is 10.3. The summed E-state index contributed by atoms with van der Waals surface area (Å²) in [4.78, 5) is 14.1. The molecule has 0 aliphatic carbocycles. The minimum Gasteiger partial charge on any atom is -0.378 e. The van der Waals surface area contributed by atoms with Crippen LogP contribution in [-0.4, -0.2) is 29.9 Å². The van der Waals surface area contributed by atoms with Gasteiger partial charge in [-0.05, 0) is 13.0 Å². The summed E-state index contributed by atoms with van der Waals surface area (Å²) in [5.74, 6) is 0.612. The number of hydrogen-bond acceptors (Lipinski definition) is 3. The summed E-state index contributed by atoms with van der Waals surface area (Å²) in [6.45, 7) is 5.50. The van der Waals surface area contributed by atoms with Crippen LogP contribution in [0.2, 0.25) is 0 Å². The van der Waals surface area contributed by atoms with Gasteiger partial charge in [0.2, 0.25) is 5.91 Å². The topological polar surface area (TPSA) is 67.5 Å². The van der Waals surface area contributed by atoms with Crippen molar-refractivity contribution >= 4 is 22.8 Å². The Balaban J connectivity index is 3.31. The third-order valence-corrected chi connectivity index (χ3v) is 2.30. The number of unbranched alkanes of at least 4 members (excludes halogenated alkanes) is 1. The van der Waals surface area contributed by atoms with E-state index in [0.29, 0.717) is 5.17 Å². The first kappa shape index (κ1) is 13.4. The molecule has 0 unspecified atom stereocenters. The number of aliphatic imine (C=N–C) groups is 1. The van der Waals surface area contributed by atoms with Gasteiger partial charge in [0.15, 0.2) is 5.17 Å². The van der Waals surface area contributed by atoms with Crippen LogP contribution in [0.3, 0.4) is 0 Å². The Hall–Kier alpha value is -0.550. The van der Waals surface area contributed by atoms with Gasteiger partial charge in [-0.15, -0.1) is 0 Å². The van der Waals surface area contributed by atoms with Crippen molar-refractivity contribution in [3.05, 3.63) is 0 Å². The van der Waals surface area contributed by atoms with E-state index in [0.717, 1.165) is 18.8 Å². The second-order valence-corrected chi connectivity index (χ2v) is 4.04. The number of nitrogens with two attached hydrogens (primary N) is 1. The third kappa shape index (κ3) is 9.54. The lowest BCUT2D eigenvalue weighted by Crippen LogP contribution is -2.20. The normalized spacial score (nSPS) is 11.7. The van der Waals surface area contributed by atoms with Crippen molar-refractivity contribution in [3.63, 3.8) is 0 Å². The van der Waals surface area contributed by atoms with E-state index >= 15 is 0 Å². The largest absolute Gasteiger partial charge is 0.378 e. The Labute approximate surface area is 89.7 Å². The maximum atomic E-state index is 10.5. The van der Waals surface area contributed by atoms with E-state index in [1.54, 1.807) is 0 Å². The summed E-state index contributed by atoms with van der Waals surface area (Å²) in [5, 5.41) is 3.63. The van der Waals surface area contributed by atoms with Crippen LogP contribution in [0, 0.1) is 0 Å². The highest BCUT2D eigenvalue weighted by molar-refractivity contribution is 8.13. The van der Waals surface area contributed by atoms with Gasteiger partial charge in [0.25, 0.3) is 0 Å². The summed E-state index contributed by atoms with van der Waals surface area (Å²) in [6.07, 6.45) is 2.40. The Bertz CT molecular complexity index is 194. The zero-order valence-corrected chi connectivity index (χ0v) is 9.69. The summed E-state index contributed by atoms with van der Waals surface area (Å²) >= 11 is 1.41. The highest BCUT2D eigenvalue weighted by Gasteiger charge is 1.95. The first-order valence-corrected chi connectivity index (χ1v) is 5.83. The van der Waals surface area contributed by atoms with E-state index in [9.17, 15) is 4.79 Å². The molecule has 0 radical (unpaired) electrons. The Morgan fingerprint density at radius 2 is 2.21 bits per heavy atom. The Kier molecular flexibility index (Phi) is 8.67. The van der Waals surface area contributed by atoms with Gasteiger partial charge in [0.05, 0.1) is 0 Å². The van der Waals surface area contributed by atoms with Gasteiger partial charge < -0.3 is 11.1 Å². The van der Waals surface area contributed by atoms with Crippen molar-refractivity contribution in [2.45, 2.75) is 26.7 Å². The number of hydrogen-bond donors (Lipinski definition) is 2. The molecule has 4 nitrogen and oxygen atoms in total. The molecular weight excluding hydrogens is 198 g/mol. The van der Waals surface area contributed by atoms with Crippen molar-refractivity contribution in [3.8, 4) is 0 Å². The average molecular weight is 217 g/mol. The summed E-state index contributed by atoms with van der Waals surface area (Å²) in [5.41, 5.74) is 5.48. The summed E-state index contributed by atoms with van der Waals surface area (Å²) in [7, 11) is 0. The van der Waals surface area contributed by atoms with E-state index in [1.165, 1.54) is 31.5 Å². The number of nitrogens with zero attached hydrogens (tertiary/aromatic N) is 1. The standard InChI is InChI=1S/C9H19N3OS/c1-3-4-5-11-6-7-14-9(10)12-8(2)13/h11H,3-7H2,1-2H3,(H2,10,12,13). The monoisotopic (exact) mass is 217 g/mol. The van der Waals surface area contributed by atoms with Crippen LogP contribution in [0.1, 0.15) is 26.7 Å². The molecule has 0 rings (SSSR count). The SMILES string of the molecule is CCCCNCCSC(N)=NC(C)=O. The van der Waals surface area contributed by atoms with E-state index in [4.69, 9.17) is 5.73 Å². The zero-order valence-electron chi connectivity index (χ0n) is 8.88. The average Bonchev–Trinajstić information content (AvgIpc) is 2.10. The van der Waals surface area contributed by atoms with E-state index in [2.05, 4.69) is 17.2 Å². The number of carbonyl (C=O) groups is 1. The molecule has 0 bridgehead atoms. The number of amidine groups is 1. The van der Waals surface area contributed by atoms with E-state index in [1.807, 2.05) is 0 Å². The third-order valence-electron chi connectivity index (χ3n) is 1.50. The van der Waals surface area contributed by atoms with Crippen molar-refractivity contribution in [1.82, 2.24) is 5.32 Å². The van der Waals surface area contributed by atoms with Gasteiger partial charge >= 0.3 is 0 Å². The first-order valence-electron chi connectivity index (χ1n) is 4.85. The highest BCUT2D eigenvalue weighted by Crippen LogP contribution is 1.98. The highest BCUT2D eigenvalue weighted by atomic mass is 32.2.